The molecule has 0 aliphatic carbocycles. The van der Waals surface area contributed by atoms with Gasteiger partial charge >= 0.3 is 0 Å². The van der Waals surface area contributed by atoms with Crippen molar-refractivity contribution < 1.29 is 4.79 Å². The Hall–Kier alpha value is -2.28. The third kappa shape index (κ3) is 1.70. The maximum absolute atomic E-state index is 12.0. The summed E-state index contributed by atoms with van der Waals surface area (Å²) in [6, 6.07) is 8.13. The number of rotatable bonds is 2. The molecule has 102 valence electrons. The lowest BCUT2D eigenvalue weighted by Crippen LogP contribution is -2.29. The quantitative estimate of drug-likeness (QED) is 0.840. The topological polar surface area (TPSA) is 48.5 Å². The summed E-state index contributed by atoms with van der Waals surface area (Å²) in [7, 11) is 0. The van der Waals surface area contributed by atoms with Gasteiger partial charge in [-0.1, -0.05) is 6.07 Å². The van der Waals surface area contributed by atoms with E-state index < -0.39 is 0 Å². The number of fused-ring (bicyclic) bond motifs is 1. The molecular formula is C16H17N3O. The monoisotopic (exact) mass is 267 g/mol. The summed E-state index contributed by atoms with van der Waals surface area (Å²) in [6.07, 6.45) is 3.53. The predicted octanol–water partition coefficient (Wildman–Crippen LogP) is 2.80. The van der Waals surface area contributed by atoms with Gasteiger partial charge in [-0.2, -0.15) is 5.26 Å². The molecule has 4 heteroatoms. The van der Waals surface area contributed by atoms with Crippen LogP contribution in [0.1, 0.15) is 42.6 Å². The molecule has 1 aliphatic rings. The second kappa shape index (κ2) is 4.68. The Morgan fingerprint density at radius 1 is 1.40 bits per heavy atom. The normalized spacial score (nSPS) is 16.6. The van der Waals surface area contributed by atoms with E-state index in [4.69, 9.17) is 0 Å². The highest BCUT2D eigenvalue weighted by molar-refractivity contribution is 5.79. The van der Waals surface area contributed by atoms with Crippen LogP contribution in [0.25, 0.3) is 5.52 Å². The standard InChI is InChI=1S/C16H17N3O/c1-11-13(10-17)14-6-3-4-8-19(14)16(11)12(2)18-9-5-7-15(18)20/h3-4,6,8,12H,5,7,9H2,1-2H3. The summed E-state index contributed by atoms with van der Waals surface area (Å²) in [5, 5.41) is 9.39. The van der Waals surface area contributed by atoms with Crippen molar-refractivity contribution >= 4 is 11.4 Å². The van der Waals surface area contributed by atoms with Crippen molar-refractivity contribution in [3.8, 4) is 6.07 Å². The number of aromatic nitrogens is 1. The zero-order valence-electron chi connectivity index (χ0n) is 11.8. The lowest BCUT2D eigenvalue weighted by molar-refractivity contribution is -0.129. The van der Waals surface area contributed by atoms with Gasteiger partial charge in [0.05, 0.1) is 17.1 Å². The van der Waals surface area contributed by atoms with Crippen LogP contribution < -0.4 is 0 Å². The fraction of sp³-hybridized carbons (Fsp3) is 0.375. The van der Waals surface area contributed by atoms with Gasteiger partial charge < -0.3 is 9.30 Å². The molecule has 1 amide bonds. The molecule has 3 heterocycles. The van der Waals surface area contributed by atoms with Crippen molar-refractivity contribution in [1.82, 2.24) is 9.30 Å². The minimum atomic E-state index is 0.00185. The molecule has 0 N–H and O–H groups in total. The van der Waals surface area contributed by atoms with Gasteiger partial charge in [0.15, 0.2) is 0 Å². The first kappa shape index (κ1) is 12.7. The molecule has 0 saturated carbocycles. The lowest BCUT2D eigenvalue weighted by Gasteiger charge is -2.25. The van der Waals surface area contributed by atoms with E-state index in [1.807, 2.05) is 47.5 Å². The molecule has 2 aromatic heterocycles. The van der Waals surface area contributed by atoms with Crippen molar-refractivity contribution in [3.63, 3.8) is 0 Å². The van der Waals surface area contributed by atoms with Gasteiger partial charge in [-0.25, -0.2) is 0 Å². The van der Waals surface area contributed by atoms with Gasteiger partial charge in [0.25, 0.3) is 0 Å². The Morgan fingerprint density at radius 2 is 2.20 bits per heavy atom. The molecule has 0 aromatic carbocycles. The van der Waals surface area contributed by atoms with E-state index in [9.17, 15) is 10.1 Å². The van der Waals surface area contributed by atoms with Crippen molar-refractivity contribution in [2.45, 2.75) is 32.7 Å². The number of hydrogen-bond acceptors (Lipinski definition) is 2. The number of likely N-dealkylation sites (tertiary alicyclic amines) is 1. The van der Waals surface area contributed by atoms with Crippen LogP contribution in [-0.4, -0.2) is 21.8 Å². The first-order valence-corrected chi connectivity index (χ1v) is 6.94. The molecule has 4 nitrogen and oxygen atoms in total. The van der Waals surface area contributed by atoms with E-state index in [1.54, 1.807) is 0 Å². The average molecular weight is 267 g/mol. The van der Waals surface area contributed by atoms with Crippen LogP contribution in [-0.2, 0) is 4.79 Å². The highest BCUT2D eigenvalue weighted by Gasteiger charge is 2.29. The molecule has 0 spiro atoms. The smallest absolute Gasteiger partial charge is 0.223 e. The average Bonchev–Trinajstić information content (AvgIpc) is 2.98. The fourth-order valence-electron chi connectivity index (χ4n) is 3.24. The van der Waals surface area contributed by atoms with Gasteiger partial charge in [-0.05, 0) is 38.0 Å². The number of hydrogen-bond donors (Lipinski definition) is 0. The van der Waals surface area contributed by atoms with E-state index >= 15 is 0 Å². The molecule has 0 bridgehead atoms. The number of carbonyl (C=O) groups is 1. The first-order chi connectivity index (χ1) is 9.65. The van der Waals surface area contributed by atoms with Crippen molar-refractivity contribution in [2.24, 2.45) is 0 Å². The van der Waals surface area contributed by atoms with Crippen LogP contribution in [0.2, 0.25) is 0 Å². The van der Waals surface area contributed by atoms with Gasteiger partial charge in [0.1, 0.15) is 6.07 Å². The summed E-state index contributed by atoms with van der Waals surface area (Å²) < 4.78 is 2.05. The lowest BCUT2D eigenvalue weighted by atomic mass is 10.1. The molecule has 1 fully saturated rings. The molecule has 2 aromatic rings. The minimum Gasteiger partial charge on any atom is -0.334 e. The van der Waals surface area contributed by atoms with Crippen LogP contribution in [0.3, 0.4) is 0 Å². The Morgan fingerprint density at radius 3 is 2.85 bits per heavy atom. The van der Waals surface area contributed by atoms with Crippen LogP contribution in [0.5, 0.6) is 0 Å². The summed E-state index contributed by atoms with van der Waals surface area (Å²) in [5.41, 5.74) is 3.65. The number of nitrogens with zero attached hydrogens (tertiary/aromatic N) is 3. The number of nitriles is 1. The van der Waals surface area contributed by atoms with E-state index in [0.717, 1.165) is 29.7 Å². The van der Waals surface area contributed by atoms with Crippen molar-refractivity contribution in [1.29, 1.82) is 5.26 Å². The van der Waals surface area contributed by atoms with Crippen LogP contribution >= 0.6 is 0 Å². The van der Waals surface area contributed by atoms with E-state index in [0.29, 0.717) is 12.0 Å². The molecule has 1 saturated heterocycles. The maximum atomic E-state index is 12.0. The zero-order chi connectivity index (χ0) is 14.3. The molecule has 0 radical (unpaired) electrons. The predicted molar refractivity (Wildman–Crippen MR) is 76.2 cm³/mol. The summed E-state index contributed by atoms with van der Waals surface area (Å²) in [6.45, 7) is 4.82. The maximum Gasteiger partial charge on any atom is 0.223 e. The molecule has 1 unspecified atom stereocenters. The third-order valence-electron chi connectivity index (χ3n) is 4.22. The second-order valence-electron chi connectivity index (χ2n) is 5.32. The first-order valence-electron chi connectivity index (χ1n) is 6.94. The number of amides is 1. The SMILES string of the molecule is Cc1c(C#N)c2ccccn2c1C(C)N1CCCC1=O. The Kier molecular flexibility index (Phi) is 2.98. The Labute approximate surface area is 118 Å². The highest BCUT2D eigenvalue weighted by atomic mass is 16.2. The molecular weight excluding hydrogens is 250 g/mol. The Balaban J connectivity index is 2.19. The fourth-order valence-corrected chi connectivity index (χ4v) is 3.24. The van der Waals surface area contributed by atoms with Gasteiger partial charge in [0, 0.05) is 24.9 Å². The Bertz CT molecular complexity index is 723. The molecule has 3 rings (SSSR count). The number of pyridine rings is 1. The van der Waals surface area contributed by atoms with Gasteiger partial charge in [-0.15, -0.1) is 0 Å². The summed E-state index contributed by atoms with van der Waals surface area (Å²) >= 11 is 0. The van der Waals surface area contributed by atoms with Crippen LogP contribution in [0.15, 0.2) is 24.4 Å². The zero-order valence-corrected chi connectivity index (χ0v) is 11.8. The molecule has 1 aliphatic heterocycles. The highest BCUT2D eigenvalue weighted by Crippen LogP contribution is 2.32. The molecule has 20 heavy (non-hydrogen) atoms. The van der Waals surface area contributed by atoms with Gasteiger partial charge in [0.2, 0.25) is 5.91 Å². The number of carbonyl (C=O) groups excluding carboxylic acids is 1. The summed E-state index contributed by atoms with van der Waals surface area (Å²) in [4.78, 5) is 13.9. The second-order valence-corrected chi connectivity index (χ2v) is 5.32. The largest absolute Gasteiger partial charge is 0.334 e. The van der Waals surface area contributed by atoms with E-state index in [1.165, 1.54) is 0 Å². The summed E-state index contributed by atoms with van der Waals surface area (Å²) in [5.74, 6) is 0.210. The van der Waals surface area contributed by atoms with Crippen molar-refractivity contribution in [2.75, 3.05) is 6.54 Å². The van der Waals surface area contributed by atoms with Gasteiger partial charge in [-0.3, -0.25) is 4.79 Å². The van der Waals surface area contributed by atoms with Crippen LogP contribution in [0.4, 0.5) is 0 Å². The van der Waals surface area contributed by atoms with E-state index in [2.05, 4.69) is 6.07 Å². The third-order valence-corrected chi connectivity index (χ3v) is 4.22. The van der Waals surface area contributed by atoms with Crippen molar-refractivity contribution in [3.05, 3.63) is 41.2 Å². The van der Waals surface area contributed by atoms with Crippen LogP contribution in [0, 0.1) is 18.3 Å². The minimum absolute atomic E-state index is 0.00185. The molecule has 1 atom stereocenters. The van der Waals surface area contributed by atoms with E-state index in [-0.39, 0.29) is 11.9 Å².